The standard InChI is InChI=1S/C20H31N3O4/c1-5-6-15(2)23-14-20(27-19(23)25)9-11-22(12-10-20)18(24)17-8-7-16(26-17)13-21(3)4/h7-8,15H,5-6,9-14H2,1-4H3/t15-/m1/s1. The number of carbonyl (C=O) groups is 2. The van der Waals surface area contributed by atoms with Crippen molar-refractivity contribution in [3.8, 4) is 0 Å². The molecule has 0 aliphatic carbocycles. The van der Waals surface area contributed by atoms with E-state index in [9.17, 15) is 9.59 Å². The Morgan fingerprint density at radius 1 is 1.30 bits per heavy atom. The molecule has 150 valence electrons. The van der Waals surface area contributed by atoms with E-state index in [-0.39, 0.29) is 18.0 Å². The molecular weight excluding hydrogens is 346 g/mol. The van der Waals surface area contributed by atoms with Gasteiger partial charge in [-0.3, -0.25) is 4.79 Å². The van der Waals surface area contributed by atoms with E-state index in [0.29, 0.717) is 44.8 Å². The normalized spacial score (nSPS) is 20.4. The zero-order chi connectivity index (χ0) is 19.6. The molecule has 2 fully saturated rings. The van der Waals surface area contributed by atoms with Crippen molar-refractivity contribution in [2.24, 2.45) is 0 Å². The van der Waals surface area contributed by atoms with Crippen molar-refractivity contribution in [2.45, 2.75) is 57.7 Å². The number of piperidine rings is 1. The highest BCUT2D eigenvalue weighted by atomic mass is 16.6. The summed E-state index contributed by atoms with van der Waals surface area (Å²) in [6, 6.07) is 3.79. The number of nitrogens with zero attached hydrogens (tertiary/aromatic N) is 3. The molecule has 2 aliphatic heterocycles. The van der Waals surface area contributed by atoms with E-state index in [2.05, 4.69) is 13.8 Å². The first kappa shape index (κ1) is 19.7. The molecular formula is C20H31N3O4. The van der Waals surface area contributed by atoms with Gasteiger partial charge in [0.2, 0.25) is 0 Å². The monoisotopic (exact) mass is 377 g/mol. The first-order valence-corrected chi connectivity index (χ1v) is 9.86. The molecule has 0 aromatic carbocycles. The van der Waals surface area contributed by atoms with Crippen LogP contribution in [0.4, 0.5) is 4.79 Å². The maximum atomic E-state index is 12.7. The van der Waals surface area contributed by atoms with Gasteiger partial charge in [-0.05, 0) is 39.6 Å². The summed E-state index contributed by atoms with van der Waals surface area (Å²) in [4.78, 5) is 30.7. The lowest BCUT2D eigenvalue weighted by Crippen LogP contribution is -2.49. The molecule has 1 spiro atoms. The van der Waals surface area contributed by atoms with Crippen LogP contribution in [0.1, 0.15) is 55.8 Å². The SMILES string of the molecule is CCC[C@@H](C)N1CC2(CCN(C(=O)c3ccc(CN(C)C)o3)CC2)OC1=O. The quantitative estimate of drug-likeness (QED) is 0.763. The zero-order valence-corrected chi connectivity index (χ0v) is 16.9. The van der Waals surface area contributed by atoms with Crippen molar-refractivity contribution >= 4 is 12.0 Å². The smallest absolute Gasteiger partial charge is 0.410 e. The third-order valence-corrected chi connectivity index (χ3v) is 5.54. The minimum absolute atomic E-state index is 0.0876. The molecule has 0 unspecified atom stereocenters. The molecule has 1 aromatic heterocycles. The van der Waals surface area contributed by atoms with Gasteiger partial charge in [-0.1, -0.05) is 13.3 Å². The molecule has 2 amide bonds. The highest BCUT2D eigenvalue weighted by Crippen LogP contribution is 2.35. The molecule has 3 heterocycles. The minimum atomic E-state index is -0.449. The first-order valence-electron chi connectivity index (χ1n) is 9.86. The summed E-state index contributed by atoms with van der Waals surface area (Å²) in [5.74, 6) is 1.07. The average molecular weight is 377 g/mol. The number of amides is 2. The van der Waals surface area contributed by atoms with Crippen LogP contribution in [-0.2, 0) is 11.3 Å². The van der Waals surface area contributed by atoms with Crippen LogP contribution < -0.4 is 0 Å². The summed E-state index contributed by atoms with van der Waals surface area (Å²) in [5.41, 5.74) is -0.449. The topological polar surface area (TPSA) is 66.2 Å². The van der Waals surface area contributed by atoms with E-state index in [4.69, 9.17) is 9.15 Å². The number of carbonyl (C=O) groups excluding carboxylic acids is 2. The number of furan rings is 1. The van der Waals surface area contributed by atoms with E-state index in [1.807, 2.05) is 30.0 Å². The van der Waals surface area contributed by atoms with Crippen LogP contribution >= 0.6 is 0 Å². The highest BCUT2D eigenvalue weighted by Gasteiger charge is 2.48. The van der Waals surface area contributed by atoms with E-state index < -0.39 is 5.60 Å². The molecule has 3 rings (SSSR count). The van der Waals surface area contributed by atoms with Gasteiger partial charge in [0.15, 0.2) is 5.76 Å². The van der Waals surface area contributed by atoms with E-state index >= 15 is 0 Å². The van der Waals surface area contributed by atoms with Crippen molar-refractivity contribution in [1.29, 1.82) is 0 Å². The second-order valence-corrected chi connectivity index (χ2v) is 8.11. The van der Waals surface area contributed by atoms with E-state index in [1.54, 1.807) is 11.0 Å². The molecule has 7 nitrogen and oxygen atoms in total. The maximum absolute atomic E-state index is 12.7. The molecule has 0 radical (unpaired) electrons. The van der Waals surface area contributed by atoms with Crippen molar-refractivity contribution in [2.75, 3.05) is 33.7 Å². The average Bonchev–Trinajstić information content (AvgIpc) is 3.19. The molecule has 0 N–H and O–H groups in total. The minimum Gasteiger partial charge on any atom is -0.455 e. The summed E-state index contributed by atoms with van der Waals surface area (Å²) >= 11 is 0. The van der Waals surface area contributed by atoms with Crippen LogP contribution in [0, 0.1) is 0 Å². The Balaban J connectivity index is 1.58. The fraction of sp³-hybridized carbons (Fsp3) is 0.700. The van der Waals surface area contributed by atoms with Gasteiger partial charge < -0.3 is 23.9 Å². The summed E-state index contributed by atoms with van der Waals surface area (Å²) in [6.45, 7) is 6.64. The van der Waals surface area contributed by atoms with Crippen molar-refractivity contribution in [3.63, 3.8) is 0 Å². The Labute approximate surface area is 161 Å². The van der Waals surface area contributed by atoms with Crippen LogP contribution in [0.15, 0.2) is 16.5 Å². The summed E-state index contributed by atoms with van der Waals surface area (Å²) in [5, 5.41) is 0. The van der Waals surface area contributed by atoms with E-state index in [0.717, 1.165) is 18.6 Å². The molecule has 7 heteroatoms. The van der Waals surface area contributed by atoms with E-state index in [1.165, 1.54) is 0 Å². The van der Waals surface area contributed by atoms with Crippen LogP contribution in [0.3, 0.4) is 0 Å². The Morgan fingerprint density at radius 3 is 2.63 bits per heavy atom. The predicted octanol–water partition coefficient (Wildman–Crippen LogP) is 2.96. The Bertz CT molecular complexity index is 677. The third kappa shape index (κ3) is 4.29. The molecule has 0 saturated carbocycles. The van der Waals surface area contributed by atoms with Gasteiger partial charge in [0.25, 0.3) is 5.91 Å². The first-order chi connectivity index (χ1) is 12.8. The second-order valence-electron chi connectivity index (χ2n) is 8.11. The fourth-order valence-corrected chi connectivity index (χ4v) is 3.98. The Kier molecular flexibility index (Phi) is 5.79. The molecule has 2 saturated heterocycles. The fourth-order valence-electron chi connectivity index (χ4n) is 3.98. The van der Waals surface area contributed by atoms with Crippen LogP contribution in [0.25, 0.3) is 0 Å². The summed E-state index contributed by atoms with van der Waals surface area (Å²) < 4.78 is 11.5. The number of hydrogen-bond donors (Lipinski definition) is 0. The van der Waals surface area contributed by atoms with Crippen molar-refractivity contribution < 1.29 is 18.7 Å². The molecule has 27 heavy (non-hydrogen) atoms. The van der Waals surface area contributed by atoms with Crippen LogP contribution in [-0.4, -0.2) is 72.1 Å². The molecule has 2 aliphatic rings. The van der Waals surface area contributed by atoms with Crippen LogP contribution in [0.2, 0.25) is 0 Å². The zero-order valence-electron chi connectivity index (χ0n) is 16.9. The lowest BCUT2D eigenvalue weighted by molar-refractivity contribution is 0.00213. The summed E-state index contributed by atoms with van der Waals surface area (Å²) in [7, 11) is 3.92. The number of ether oxygens (including phenoxy) is 1. The van der Waals surface area contributed by atoms with Gasteiger partial charge in [-0.2, -0.15) is 0 Å². The highest BCUT2D eigenvalue weighted by molar-refractivity contribution is 5.91. The second kappa shape index (κ2) is 7.92. The lowest BCUT2D eigenvalue weighted by atomic mass is 9.91. The number of hydrogen-bond acceptors (Lipinski definition) is 5. The lowest BCUT2D eigenvalue weighted by Gasteiger charge is -2.37. The number of rotatable bonds is 6. The van der Waals surface area contributed by atoms with Gasteiger partial charge in [0.05, 0.1) is 13.1 Å². The third-order valence-electron chi connectivity index (χ3n) is 5.54. The molecule has 1 aromatic rings. The van der Waals surface area contributed by atoms with Gasteiger partial charge in [0, 0.05) is 32.0 Å². The maximum Gasteiger partial charge on any atom is 0.410 e. The van der Waals surface area contributed by atoms with Crippen molar-refractivity contribution in [1.82, 2.24) is 14.7 Å². The van der Waals surface area contributed by atoms with Gasteiger partial charge in [-0.15, -0.1) is 0 Å². The predicted molar refractivity (Wildman–Crippen MR) is 102 cm³/mol. The van der Waals surface area contributed by atoms with Gasteiger partial charge in [0.1, 0.15) is 11.4 Å². The van der Waals surface area contributed by atoms with Gasteiger partial charge >= 0.3 is 6.09 Å². The Morgan fingerprint density at radius 2 is 2.00 bits per heavy atom. The summed E-state index contributed by atoms with van der Waals surface area (Å²) in [6.07, 6.45) is 3.15. The number of likely N-dealkylation sites (tertiary alicyclic amines) is 1. The molecule has 1 atom stereocenters. The Hall–Kier alpha value is -2.02. The van der Waals surface area contributed by atoms with Gasteiger partial charge in [-0.25, -0.2) is 4.79 Å². The largest absolute Gasteiger partial charge is 0.455 e. The van der Waals surface area contributed by atoms with Crippen LogP contribution in [0.5, 0.6) is 0 Å². The molecule has 0 bridgehead atoms. The van der Waals surface area contributed by atoms with Crippen molar-refractivity contribution in [3.05, 3.63) is 23.7 Å².